The highest BCUT2D eigenvalue weighted by molar-refractivity contribution is 5.84. The van der Waals surface area contributed by atoms with Gasteiger partial charge in [0, 0.05) is 25.8 Å². The summed E-state index contributed by atoms with van der Waals surface area (Å²) in [6.07, 6.45) is 5.25. The Hall–Kier alpha value is -2.71. The first-order valence-electron chi connectivity index (χ1n) is 8.02. The molecule has 0 saturated carbocycles. The SMILES string of the molecule is CCn1ccc(CC(=O)N2CCCC(n3cc(C(=O)O)nn3)C2)n1. The molecule has 24 heavy (non-hydrogen) atoms. The van der Waals surface area contributed by atoms with Crippen LogP contribution in [0.15, 0.2) is 18.5 Å². The minimum Gasteiger partial charge on any atom is -0.476 e. The van der Waals surface area contributed by atoms with E-state index in [4.69, 9.17) is 5.11 Å². The number of piperidine rings is 1. The van der Waals surface area contributed by atoms with Crippen molar-refractivity contribution in [1.82, 2.24) is 29.7 Å². The van der Waals surface area contributed by atoms with Gasteiger partial charge in [-0.2, -0.15) is 5.10 Å². The van der Waals surface area contributed by atoms with Gasteiger partial charge in [-0.1, -0.05) is 5.21 Å². The van der Waals surface area contributed by atoms with Gasteiger partial charge in [-0.05, 0) is 25.8 Å². The van der Waals surface area contributed by atoms with Gasteiger partial charge in [0.05, 0.1) is 24.4 Å². The van der Waals surface area contributed by atoms with Gasteiger partial charge in [-0.25, -0.2) is 9.48 Å². The molecule has 3 rings (SSSR count). The summed E-state index contributed by atoms with van der Waals surface area (Å²) >= 11 is 0. The second-order valence-electron chi connectivity index (χ2n) is 5.86. The second-order valence-corrected chi connectivity index (χ2v) is 5.86. The number of nitrogens with zero attached hydrogens (tertiary/aromatic N) is 6. The van der Waals surface area contributed by atoms with E-state index in [1.165, 1.54) is 6.20 Å². The molecule has 0 radical (unpaired) electrons. The van der Waals surface area contributed by atoms with Crippen molar-refractivity contribution in [3.8, 4) is 0 Å². The first kappa shape index (κ1) is 16.2. The summed E-state index contributed by atoms with van der Waals surface area (Å²) in [6, 6.07) is 1.82. The maximum Gasteiger partial charge on any atom is 0.358 e. The van der Waals surface area contributed by atoms with Crippen molar-refractivity contribution in [3.05, 3.63) is 29.8 Å². The van der Waals surface area contributed by atoms with Gasteiger partial charge < -0.3 is 10.0 Å². The Morgan fingerprint density at radius 1 is 1.42 bits per heavy atom. The lowest BCUT2D eigenvalue weighted by molar-refractivity contribution is -0.132. The van der Waals surface area contributed by atoms with Crippen LogP contribution >= 0.6 is 0 Å². The van der Waals surface area contributed by atoms with Crippen molar-refractivity contribution < 1.29 is 14.7 Å². The van der Waals surface area contributed by atoms with E-state index in [0.29, 0.717) is 13.1 Å². The number of carboxylic acids is 1. The van der Waals surface area contributed by atoms with Crippen molar-refractivity contribution in [3.63, 3.8) is 0 Å². The number of likely N-dealkylation sites (tertiary alicyclic amines) is 1. The number of amides is 1. The number of hydrogen-bond acceptors (Lipinski definition) is 5. The summed E-state index contributed by atoms with van der Waals surface area (Å²) in [5.74, 6) is -1.07. The van der Waals surface area contributed by atoms with Crippen LogP contribution in [-0.2, 0) is 17.8 Å². The standard InChI is InChI=1S/C15H20N6O3/c1-2-20-7-5-11(17-20)8-14(22)19-6-3-4-12(9-19)21-10-13(15(23)24)16-18-21/h5,7,10,12H,2-4,6,8-9H2,1H3,(H,23,24). The molecule has 1 aliphatic rings. The average molecular weight is 332 g/mol. The second kappa shape index (κ2) is 6.81. The molecule has 1 aliphatic heterocycles. The third-order valence-corrected chi connectivity index (χ3v) is 4.20. The molecule has 9 nitrogen and oxygen atoms in total. The lowest BCUT2D eigenvalue weighted by Gasteiger charge is -2.32. The van der Waals surface area contributed by atoms with Crippen molar-refractivity contribution in [2.24, 2.45) is 0 Å². The van der Waals surface area contributed by atoms with Crippen LogP contribution in [0.3, 0.4) is 0 Å². The predicted molar refractivity (Wildman–Crippen MR) is 83.4 cm³/mol. The molecular weight excluding hydrogens is 312 g/mol. The Labute approximate surface area is 138 Å². The number of carbonyl (C=O) groups excluding carboxylic acids is 1. The van der Waals surface area contributed by atoms with Crippen molar-refractivity contribution in [2.75, 3.05) is 13.1 Å². The van der Waals surface area contributed by atoms with Crippen LogP contribution in [0.25, 0.3) is 0 Å². The molecule has 128 valence electrons. The Balaban J connectivity index is 1.63. The number of aryl methyl sites for hydroxylation is 1. The maximum absolute atomic E-state index is 12.5. The Morgan fingerprint density at radius 3 is 2.92 bits per heavy atom. The van der Waals surface area contributed by atoms with E-state index in [-0.39, 0.29) is 24.1 Å². The zero-order valence-corrected chi connectivity index (χ0v) is 13.5. The summed E-state index contributed by atoms with van der Waals surface area (Å²) in [5, 5.41) is 20.8. The van der Waals surface area contributed by atoms with Crippen LogP contribution in [0.2, 0.25) is 0 Å². The minimum atomic E-state index is -1.10. The molecule has 3 heterocycles. The summed E-state index contributed by atoms with van der Waals surface area (Å²) in [5.41, 5.74) is 0.682. The molecule has 1 amide bonds. The van der Waals surface area contributed by atoms with E-state index in [1.807, 2.05) is 19.2 Å². The lowest BCUT2D eigenvalue weighted by Crippen LogP contribution is -2.41. The fourth-order valence-electron chi connectivity index (χ4n) is 2.89. The Kier molecular flexibility index (Phi) is 4.59. The fraction of sp³-hybridized carbons (Fsp3) is 0.533. The van der Waals surface area contributed by atoms with Gasteiger partial charge >= 0.3 is 5.97 Å². The van der Waals surface area contributed by atoms with E-state index in [2.05, 4.69) is 15.4 Å². The van der Waals surface area contributed by atoms with E-state index >= 15 is 0 Å². The Bertz CT molecular complexity index is 737. The summed E-state index contributed by atoms with van der Waals surface area (Å²) in [6.45, 7) is 3.98. The highest BCUT2D eigenvalue weighted by Gasteiger charge is 2.26. The van der Waals surface area contributed by atoms with Gasteiger partial charge in [-0.3, -0.25) is 9.48 Å². The van der Waals surface area contributed by atoms with Gasteiger partial charge in [0.2, 0.25) is 5.91 Å². The number of carbonyl (C=O) groups is 2. The first-order chi connectivity index (χ1) is 11.6. The average Bonchev–Trinajstić information content (AvgIpc) is 3.24. The number of carboxylic acid groups (broad SMARTS) is 1. The zero-order valence-electron chi connectivity index (χ0n) is 13.5. The van der Waals surface area contributed by atoms with Crippen LogP contribution in [0, 0.1) is 0 Å². The number of aromatic carboxylic acids is 1. The molecule has 1 saturated heterocycles. The monoisotopic (exact) mass is 332 g/mol. The lowest BCUT2D eigenvalue weighted by atomic mass is 10.1. The molecule has 2 aromatic rings. The van der Waals surface area contributed by atoms with Crippen molar-refractivity contribution in [2.45, 2.75) is 38.8 Å². The molecular formula is C15H20N6O3. The summed E-state index contributed by atoms with van der Waals surface area (Å²) < 4.78 is 3.35. The van der Waals surface area contributed by atoms with E-state index in [9.17, 15) is 9.59 Å². The molecule has 1 unspecified atom stereocenters. The topological polar surface area (TPSA) is 106 Å². The highest BCUT2D eigenvalue weighted by atomic mass is 16.4. The van der Waals surface area contributed by atoms with Crippen LogP contribution in [0.5, 0.6) is 0 Å². The molecule has 0 aromatic carbocycles. The molecule has 1 fully saturated rings. The number of hydrogen-bond donors (Lipinski definition) is 1. The largest absolute Gasteiger partial charge is 0.476 e. The number of rotatable bonds is 5. The van der Waals surface area contributed by atoms with Crippen LogP contribution < -0.4 is 0 Å². The maximum atomic E-state index is 12.5. The Morgan fingerprint density at radius 2 is 2.25 bits per heavy atom. The third-order valence-electron chi connectivity index (χ3n) is 4.20. The smallest absolute Gasteiger partial charge is 0.358 e. The molecule has 2 aromatic heterocycles. The first-order valence-corrected chi connectivity index (χ1v) is 8.02. The van der Waals surface area contributed by atoms with Crippen molar-refractivity contribution in [1.29, 1.82) is 0 Å². The molecule has 0 spiro atoms. The zero-order chi connectivity index (χ0) is 17.1. The van der Waals surface area contributed by atoms with Crippen LogP contribution in [0.4, 0.5) is 0 Å². The van der Waals surface area contributed by atoms with Crippen LogP contribution in [0.1, 0.15) is 42.0 Å². The number of aromatic nitrogens is 5. The molecule has 0 aliphatic carbocycles. The van der Waals surface area contributed by atoms with Gasteiger partial charge in [0.15, 0.2) is 5.69 Å². The normalized spacial score (nSPS) is 17.9. The third kappa shape index (κ3) is 3.44. The minimum absolute atomic E-state index is 0.0274. The molecule has 1 atom stereocenters. The highest BCUT2D eigenvalue weighted by Crippen LogP contribution is 2.21. The molecule has 0 bridgehead atoms. The van der Waals surface area contributed by atoms with Crippen molar-refractivity contribution >= 4 is 11.9 Å². The fourth-order valence-corrected chi connectivity index (χ4v) is 2.89. The van der Waals surface area contributed by atoms with Gasteiger partial charge in [-0.15, -0.1) is 5.10 Å². The van der Waals surface area contributed by atoms with E-state index in [1.54, 1.807) is 14.3 Å². The van der Waals surface area contributed by atoms with Gasteiger partial charge in [0.25, 0.3) is 0 Å². The van der Waals surface area contributed by atoms with E-state index < -0.39 is 5.97 Å². The van der Waals surface area contributed by atoms with E-state index in [0.717, 1.165) is 25.1 Å². The van der Waals surface area contributed by atoms with Gasteiger partial charge in [0.1, 0.15) is 0 Å². The predicted octanol–water partition coefficient (Wildman–Crippen LogP) is 0.599. The van der Waals surface area contributed by atoms with Crippen LogP contribution in [-0.4, -0.2) is 59.7 Å². The molecule has 1 N–H and O–H groups in total. The molecule has 9 heteroatoms. The quantitative estimate of drug-likeness (QED) is 0.859. The summed E-state index contributed by atoms with van der Waals surface area (Å²) in [7, 11) is 0. The summed E-state index contributed by atoms with van der Waals surface area (Å²) in [4.78, 5) is 25.2.